The molecule has 0 N–H and O–H groups in total. The number of hydrogen-bond acceptors (Lipinski definition) is 4. The Balaban J connectivity index is 2.13. The van der Waals surface area contributed by atoms with Gasteiger partial charge in [0.15, 0.2) is 0 Å². The highest BCUT2D eigenvalue weighted by atomic mass is 35.5. The van der Waals surface area contributed by atoms with E-state index in [9.17, 15) is 0 Å². The van der Waals surface area contributed by atoms with Crippen LogP contribution in [-0.2, 0) is 11.2 Å². The van der Waals surface area contributed by atoms with E-state index < -0.39 is 0 Å². The zero-order valence-electron chi connectivity index (χ0n) is 11.2. The van der Waals surface area contributed by atoms with Gasteiger partial charge in [0.05, 0.1) is 17.7 Å². The van der Waals surface area contributed by atoms with Gasteiger partial charge in [-0.2, -0.15) is 11.8 Å². The fourth-order valence-corrected chi connectivity index (χ4v) is 2.86. The third-order valence-corrected chi connectivity index (χ3v) is 3.99. The summed E-state index contributed by atoms with van der Waals surface area (Å²) in [4.78, 5) is 4.54. The first-order valence-electron chi connectivity index (χ1n) is 6.21. The van der Waals surface area contributed by atoms with Gasteiger partial charge in [0.2, 0.25) is 0 Å². The average molecular weight is 300 g/mol. The molecular formula is C14H18ClNO2S. The zero-order chi connectivity index (χ0) is 13.7. The molecule has 1 aliphatic heterocycles. The smallest absolute Gasteiger partial charge is 0.138 e. The third kappa shape index (κ3) is 3.88. The van der Waals surface area contributed by atoms with Crippen LogP contribution in [0.2, 0.25) is 5.02 Å². The van der Waals surface area contributed by atoms with E-state index in [1.54, 1.807) is 7.11 Å². The van der Waals surface area contributed by atoms with Crippen molar-refractivity contribution in [2.75, 3.05) is 32.3 Å². The molecule has 0 fully saturated rings. The summed E-state index contributed by atoms with van der Waals surface area (Å²) in [5.74, 6) is 1.77. The zero-order valence-corrected chi connectivity index (χ0v) is 12.8. The predicted octanol–water partition coefficient (Wildman–Crippen LogP) is 3.07. The van der Waals surface area contributed by atoms with Crippen LogP contribution >= 0.6 is 23.4 Å². The topological polar surface area (TPSA) is 30.8 Å². The number of ether oxygens (including phenoxy) is 2. The molecule has 0 bridgehead atoms. The first-order valence-corrected chi connectivity index (χ1v) is 7.98. The molecular weight excluding hydrogens is 282 g/mol. The largest absolute Gasteiger partial charge is 0.490 e. The molecule has 2 rings (SSSR count). The van der Waals surface area contributed by atoms with Crippen molar-refractivity contribution < 1.29 is 9.47 Å². The molecule has 0 aromatic heterocycles. The second kappa shape index (κ2) is 7.17. The lowest BCUT2D eigenvalue weighted by atomic mass is 9.98. The first kappa shape index (κ1) is 14.7. The van der Waals surface area contributed by atoms with Crippen LogP contribution in [0.5, 0.6) is 5.75 Å². The fourth-order valence-electron chi connectivity index (χ4n) is 2.04. The number of hydrogen-bond donors (Lipinski definition) is 0. The number of aliphatic imine (C=N–C) groups is 1. The number of rotatable bonds is 6. The van der Waals surface area contributed by atoms with Crippen molar-refractivity contribution in [3.8, 4) is 5.75 Å². The second-order valence-electron chi connectivity index (χ2n) is 4.41. The molecule has 0 radical (unpaired) electrons. The summed E-state index contributed by atoms with van der Waals surface area (Å²) in [6.45, 7) is 1.07. The summed E-state index contributed by atoms with van der Waals surface area (Å²) >= 11 is 8.03. The van der Waals surface area contributed by atoms with Gasteiger partial charge in [0.25, 0.3) is 0 Å². The van der Waals surface area contributed by atoms with Crippen molar-refractivity contribution in [2.45, 2.75) is 12.5 Å². The molecule has 0 saturated carbocycles. The summed E-state index contributed by atoms with van der Waals surface area (Å²) in [6, 6.07) is 4.32. The average Bonchev–Trinajstić information content (AvgIpc) is 2.40. The predicted molar refractivity (Wildman–Crippen MR) is 82.3 cm³/mol. The highest BCUT2D eigenvalue weighted by Crippen LogP contribution is 2.30. The molecule has 1 aliphatic rings. The molecule has 3 nitrogen and oxygen atoms in total. The Hall–Kier alpha value is -0.710. The van der Waals surface area contributed by atoms with Crippen molar-refractivity contribution in [1.29, 1.82) is 0 Å². The highest BCUT2D eigenvalue weighted by molar-refractivity contribution is 7.98. The van der Waals surface area contributed by atoms with E-state index in [0.29, 0.717) is 24.3 Å². The van der Waals surface area contributed by atoms with Gasteiger partial charge in [-0.25, -0.2) is 0 Å². The van der Waals surface area contributed by atoms with E-state index in [1.165, 1.54) is 5.56 Å². The lowest BCUT2D eigenvalue weighted by Crippen LogP contribution is -2.18. The van der Waals surface area contributed by atoms with Crippen LogP contribution in [0.3, 0.4) is 0 Å². The Bertz CT molecular complexity index is 465. The number of fused-ring (bicyclic) bond motifs is 1. The van der Waals surface area contributed by atoms with E-state index in [4.69, 9.17) is 21.1 Å². The van der Waals surface area contributed by atoms with E-state index in [2.05, 4.69) is 11.2 Å². The molecule has 19 heavy (non-hydrogen) atoms. The number of methoxy groups -OCH3 is 1. The SMILES string of the molecule is COCCOc1cc2c(cc1Cl)C=NC(CSC)C2. The summed E-state index contributed by atoms with van der Waals surface area (Å²) in [7, 11) is 1.65. The summed E-state index contributed by atoms with van der Waals surface area (Å²) in [5.41, 5.74) is 2.35. The highest BCUT2D eigenvalue weighted by Gasteiger charge is 2.17. The molecule has 0 spiro atoms. The molecule has 1 heterocycles. The molecule has 0 aliphatic carbocycles. The molecule has 104 valence electrons. The standard InChI is InChI=1S/C14H18ClNO2S/c1-17-3-4-18-14-7-10-5-12(9-19-2)16-8-11(10)6-13(14)15/h6-8,12H,3-5,9H2,1-2H3. The van der Waals surface area contributed by atoms with Gasteiger partial charge in [-0.3, -0.25) is 4.99 Å². The summed E-state index contributed by atoms with van der Waals surface area (Å²) in [6.07, 6.45) is 4.97. The number of nitrogens with zero attached hydrogens (tertiary/aromatic N) is 1. The minimum atomic E-state index is 0.357. The number of thioether (sulfide) groups is 1. The normalized spacial score (nSPS) is 17.3. The van der Waals surface area contributed by atoms with Crippen LogP contribution in [0, 0.1) is 0 Å². The van der Waals surface area contributed by atoms with Gasteiger partial charge in [-0.05, 0) is 35.9 Å². The monoisotopic (exact) mass is 299 g/mol. The van der Waals surface area contributed by atoms with Crippen molar-refractivity contribution in [3.63, 3.8) is 0 Å². The van der Waals surface area contributed by atoms with Crippen LogP contribution in [0.4, 0.5) is 0 Å². The van der Waals surface area contributed by atoms with Crippen LogP contribution in [-0.4, -0.2) is 44.6 Å². The van der Waals surface area contributed by atoms with Crippen molar-refractivity contribution in [1.82, 2.24) is 0 Å². The fraction of sp³-hybridized carbons (Fsp3) is 0.500. The number of benzene rings is 1. The maximum atomic E-state index is 6.21. The molecule has 5 heteroatoms. The van der Waals surface area contributed by atoms with Crippen LogP contribution in [0.25, 0.3) is 0 Å². The molecule has 1 unspecified atom stereocenters. The van der Waals surface area contributed by atoms with Gasteiger partial charge in [-0.1, -0.05) is 11.6 Å². The quantitative estimate of drug-likeness (QED) is 0.756. The molecule has 0 amide bonds. The van der Waals surface area contributed by atoms with Gasteiger partial charge in [0.1, 0.15) is 12.4 Å². The molecule has 1 aromatic carbocycles. The van der Waals surface area contributed by atoms with Gasteiger partial charge < -0.3 is 9.47 Å². The first-order chi connectivity index (χ1) is 9.24. The van der Waals surface area contributed by atoms with Crippen LogP contribution < -0.4 is 4.74 Å². The van der Waals surface area contributed by atoms with Gasteiger partial charge in [0, 0.05) is 19.1 Å². The van der Waals surface area contributed by atoms with Crippen molar-refractivity contribution in [2.24, 2.45) is 4.99 Å². The minimum Gasteiger partial charge on any atom is -0.490 e. The maximum absolute atomic E-state index is 6.21. The van der Waals surface area contributed by atoms with Crippen molar-refractivity contribution in [3.05, 3.63) is 28.3 Å². The Kier molecular flexibility index (Phi) is 5.55. The second-order valence-corrected chi connectivity index (χ2v) is 5.73. The minimum absolute atomic E-state index is 0.357. The third-order valence-electron chi connectivity index (χ3n) is 2.98. The lowest BCUT2D eigenvalue weighted by molar-refractivity contribution is 0.146. The van der Waals surface area contributed by atoms with E-state index >= 15 is 0 Å². The molecule has 1 atom stereocenters. The van der Waals surface area contributed by atoms with Crippen LogP contribution in [0.1, 0.15) is 11.1 Å². The van der Waals surface area contributed by atoms with E-state index in [1.807, 2.05) is 30.1 Å². The lowest BCUT2D eigenvalue weighted by Gasteiger charge is -2.19. The van der Waals surface area contributed by atoms with Gasteiger partial charge in [-0.15, -0.1) is 0 Å². The van der Waals surface area contributed by atoms with Crippen LogP contribution in [0.15, 0.2) is 17.1 Å². The van der Waals surface area contributed by atoms with E-state index in [0.717, 1.165) is 23.5 Å². The Morgan fingerprint density at radius 1 is 1.42 bits per heavy atom. The maximum Gasteiger partial charge on any atom is 0.138 e. The summed E-state index contributed by atoms with van der Waals surface area (Å²) < 4.78 is 10.6. The molecule has 1 aromatic rings. The number of halogens is 1. The van der Waals surface area contributed by atoms with Gasteiger partial charge >= 0.3 is 0 Å². The Labute approximate surface area is 123 Å². The van der Waals surface area contributed by atoms with E-state index in [-0.39, 0.29) is 0 Å². The van der Waals surface area contributed by atoms with Crippen molar-refractivity contribution >= 4 is 29.6 Å². The Morgan fingerprint density at radius 2 is 2.26 bits per heavy atom. The molecule has 0 saturated heterocycles. The summed E-state index contributed by atoms with van der Waals surface area (Å²) in [5, 5.41) is 0.629. The Morgan fingerprint density at radius 3 is 3.00 bits per heavy atom.